The highest BCUT2D eigenvalue weighted by atomic mass is 79.9. The van der Waals surface area contributed by atoms with E-state index in [1.54, 1.807) is 0 Å². The van der Waals surface area contributed by atoms with Crippen LogP contribution in [-0.2, 0) is 12.8 Å². The molecule has 0 amide bonds. The van der Waals surface area contributed by atoms with Crippen molar-refractivity contribution in [1.82, 2.24) is 0 Å². The minimum atomic E-state index is 0.00562. The number of benzene rings is 17. The Kier molecular flexibility index (Phi) is 22.4. The van der Waals surface area contributed by atoms with Crippen molar-refractivity contribution in [3.05, 3.63) is 448 Å². The Balaban J connectivity index is 0.000000151. The van der Waals surface area contributed by atoms with Crippen molar-refractivity contribution in [2.24, 2.45) is 0 Å². The number of anilines is 6. The van der Waals surface area contributed by atoms with Crippen molar-refractivity contribution in [2.75, 3.05) is 9.80 Å². The Hall–Kier alpha value is -15.1. The molecule has 0 fully saturated rings. The molecule has 0 N–H and O–H groups in total. The van der Waals surface area contributed by atoms with E-state index in [1.807, 2.05) is 66.7 Å². The van der Waals surface area contributed by atoms with Gasteiger partial charge in [0.2, 0.25) is 0 Å². The van der Waals surface area contributed by atoms with Crippen LogP contribution >= 0.6 is 31.9 Å². The van der Waals surface area contributed by atoms with Gasteiger partial charge in [0, 0.05) is 137 Å². The van der Waals surface area contributed by atoms with Crippen LogP contribution in [0.1, 0.15) is 104 Å². The zero-order chi connectivity index (χ0) is 89.9. The van der Waals surface area contributed by atoms with Gasteiger partial charge in [-0.3, -0.25) is 0 Å². The molecule has 7 heterocycles. The van der Waals surface area contributed by atoms with Crippen molar-refractivity contribution >= 4 is 153 Å². The van der Waals surface area contributed by atoms with Gasteiger partial charge in [0.05, 0.1) is 0 Å². The van der Waals surface area contributed by atoms with E-state index < -0.39 is 0 Å². The van der Waals surface area contributed by atoms with Gasteiger partial charge in [0.1, 0.15) is 79.9 Å². The van der Waals surface area contributed by atoms with Gasteiger partial charge in [-0.05, 0) is 275 Å². The number of furan rings is 6. The summed E-state index contributed by atoms with van der Waals surface area (Å²) in [5.74, 6) is 7.56. The molecule has 0 spiro atoms. The van der Waals surface area contributed by atoms with Crippen molar-refractivity contribution < 1.29 is 31.2 Å². The Morgan fingerprint density at radius 2 is 0.534 bits per heavy atom. The highest BCUT2D eigenvalue weighted by Gasteiger charge is 2.27. The summed E-state index contributed by atoms with van der Waals surface area (Å²) in [6.45, 7) is 13.4. The molecule has 17 aromatic carbocycles. The fraction of sp³-hybridized carbons (Fsp3) is 0.0984. The molecule has 24 rings (SSSR count). The van der Waals surface area contributed by atoms with E-state index in [0.29, 0.717) is 17.8 Å². The van der Waals surface area contributed by atoms with Gasteiger partial charge in [0.15, 0.2) is 0 Å². The van der Waals surface area contributed by atoms with Crippen LogP contribution < -0.4 is 14.5 Å². The first-order valence-corrected chi connectivity index (χ1v) is 47.1. The number of halogens is 2. The molecule has 646 valence electrons. The summed E-state index contributed by atoms with van der Waals surface area (Å²) < 4.78 is 46.8. The summed E-state index contributed by atoms with van der Waals surface area (Å²) in [5, 5.41) is 10.6. The molecule has 133 heavy (non-hydrogen) atoms. The molecule has 6 aromatic heterocycles. The quantitative estimate of drug-likeness (QED) is 0.0832. The lowest BCUT2D eigenvalue weighted by molar-refractivity contribution is 0.238. The van der Waals surface area contributed by atoms with Crippen LogP contribution in [0, 0.1) is 0 Å². The summed E-state index contributed by atoms with van der Waals surface area (Å²) in [6.07, 6.45) is 1.84. The van der Waals surface area contributed by atoms with Crippen LogP contribution in [0.2, 0.25) is 0 Å². The fourth-order valence-electron chi connectivity index (χ4n) is 18.3. The Bertz CT molecular complexity index is 7950. The van der Waals surface area contributed by atoms with Gasteiger partial charge in [0.25, 0.3) is 0 Å². The molecular weight excluding hydrogens is 1770 g/mol. The van der Waals surface area contributed by atoms with E-state index in [1.165, 1.54) is 38.9 Å². The van der Waals surface area contributed by atoms with E-state index in [2.05, 4.69) is 417 Å². The third kappa shape index (κ3) is 16.9. The molecular formula is C122H92Br2N2O7. The molecule has 0 bridgehead atoms. The lowest BCUT2D eigenvalue weighted by atomic mass is 9.98. The number of nitrogens with zero attached hydrogens (tertiary/aromatic N) is 2. The normalized spacial score (nSPS) is 12.5. The van der Waals surface area contributed by atoms with E-state index in [4.69, 9.17) is 31.2 Å². The van der Waals surface area contributed by atoms with Crippen molar-refractivity contribution in [3.8, 4) is 73.7 Å². The molecule has 0 radical (unpaired) electrons. The van der Waals surface area contributed by atoms with Crippen molar-refractivity contribution in [1.29, 1.82) is 0 Å². The third-order valence-electron chi connectivity index (χ3n) is 25.8. The van der Waals surface area contributed by atoms with Gasteiger partial charge in [-0.1, -0.05) is 261 Å². The Morgan fingerprint density at radius 1 is 0.263 bits per heavy atom. The monoisotopic (exact) mass is 1850 g/mol. The SMILES string of the molecule is Brc1ccc(-c2cc3ccc4c(ccc5cc(-c6ccc(Br)cc6)oc54)c3o2)cc1.CC(C)c1ccc(Cc2ccc(-c3cc4ccccc4o3)cc2)cc1.CC(C)c1ccc(N(c2ccc(-c3cc4ccccc4o3)cc2)c2ccc(-c3cc4ccc5c(ccc6cc(-c7ccc(N(c8ccc(C(C)C)cc8)c8ccc(C9Cc%10ccccc%10O9)cc8)cc7)oc65)c4o3)cc2)cc1. The number of fused-ring (bicyclic) bond motifs is 13. The summed E-state index contributed by atoms with van der Waals surface area (Å²) in [4.78, 5) is 4.62. The molecule has 9 nitrogen and oxygen atoms in total. The second-order valence-electron chi connectivity index (χ2n) is 35.5. The summed E-state index contributed by atoms with van der Waals surface area (Å²) >= 11 is 6.97. The number of para-hydroxylation sites is 3. The molecule has 1 aliphatic rings. The molecule has 1 aliphatic heterocycles. The number of hydrogen-bond acceptors (Lipinski definition) is 9. The average Bonchev–Trinajstić information content (AvgIpc) is 1.60. The second-order valence-corrected chi connectivity index (χ2v) is 37.3. The van der Waals surface area contributed by atoms with Crippen LogP contribution in [-0.4, -0.2) is 0 Å². The standard InChI is InChI=1S/C72H56N2O4.C26H14Br2O2.C24H22O/c1-45(2)47-13-27-57(28-14-47)73(59-31-17-49(18-32-59)67-41-53-9-5-7-11-65(53)75-67)61-35-21-51(22-36-61)69-43-55-25-39-64-63(71(55)77-69)40-26-56-44-70(78-72(56)64)52-23-37-62(38-24-52)74(58-29-15-48(16-30-58)46(3)4)60-33-19-50(20-34-60)68-42-54-10-6-8-12-66(54)76-68;27-19-7-1-15(2-8-19)23-13-17-5-11-22-21(25(17)29-23)12-6-18-14-24(30-26(18)22)16-3-9-20(28)10-4-16;1-17(2)20-11-7-18(8-12-20)15-19-9-13-21(14-10-19)24-16-22-5-3-4-6-23(22)25-24/h5-41,43-46,68H,42H2,1-4H3;1-14H;3-14,16-17H,15H2,1-2H3. The number of hydrogen-bond donors (Lipinski definition) is 0. The highest BCUT2D eigenvalue weighted by molar-refractivity contribution is 9.10. The largest absolute Gasteiger partial charge is 0.485 e. The van der Waals surface area contributed by atoms with E-state index in [-0.39, 0.29) is 6.10 Å². The molecule has 11 heteroatoms. The van der Waals surface area contributed by atoms with Gasteiger partial charge in [-0.25, -0.2) is 0 Å². The van der Waals surface area contributed by atoms with Gasteiger partial charge in [-0.15, -0.1) is 0 Å². The van der Waals surface area contributed by atoms with Crippen LogP contribution in [0.25, 0.3) is 155 Å². The minimum absolute atomic E-state index is 0.00562. The molecule has 23 aromatic rings. The van der Waals surface area contributed by atoms with E-state index in [0.717, 1.165) is 217 Å². The first-order chi connectivity index (χ1) is 65.1. The summed E-state index contributed by atoms with van der Waals surface area (Å²) in [6, 6.07) is 141. The maximum Gasteiger partial charge on any atom is 0.142 e. The Labute approximate surface area is 788 Å². The molecule has 0 aliphatic carbocycles. The first-order valence-electron chi connectivity index (χ1n) is 45.5. The first kappa shape index (κ1) is 83.5. The van der Waals surface area contributed by atoms with Gasteiger partial charge >= 0.3 is 0 Å². The third-order valence-corrected chi connectivity index (χ3v) is 26.8. The molecule has 1 atom stereocenters. The van der Waals surface area contributed by atoms with Crippen molar-refractivity contribution in [3.63, 3.8) is 0 Å². The topological polar surface area (TPSA) is 94.6 Å². The lowest BCUT2D eigenvalue weighted by Crippen LogP contribution is -2.11. The van der Waals surface area contributed by atoms with E-state index >= 15 is 0 Å². The van der Waals surface area contributed by atoms with Crippen LogP contribution in [0.4, 0.5) is 34.1 Å². The van der Waals surface area contributed by atoms with Crippen LogP contribution in [0.5, 0.6) is 5.75 Å². The fourth-order valence-corrected chi connectivity index (χ4v) is 18.9. The van der Waals surface area contributed by atoms with Crippen LogP contribution in [0.15, 0.2) is 436 Å². The average molecular weight is 1860 g/mol. The van der Waals surface area contributed by atoms with Crippen molar-refractivity contribution in [2.45, 2.75) is 78.2 Å². The van der Waals surface area contributed by atoms with Gasteiger partial charge in [-0.2, -0.15) is 0 Å². The molecule has 0 saturated carbocycles. The molecule has 1 unspecified atom stereocenters. The zero-order valence-corrected chi connectivity index (χ0v) is 77.5. The van der Waals surface area contributed by atoms with E-state index in [9.17, 15) is 0 Å². The maximum atomic E-state index is 6.79. The highest BCUT2D eigenvalue weighted by Crippen LogP contribution is 2.47. The van der Waals surface area contributed by atoms with Crippen LogP contribution in [0.3, 0.4) is 0 Å². The smallest absolute Gasteiger partial charge is 0.142 e. The number of ether oxygens (including phenoxy) is 1. The van der Waals surface area contributed by atoms with Gasteiger partial charge < -0.3 is 41.0 Å². The lowest BCUT2D eigenvalue weighted by Gasteiger charge is -2.26. The summed E-state index contributed by atoms with van der Waals surface area (Å²) in [7, 11) is 0. The zero-order valence-electron chi connectivity index (χ0n) is 74.3. The second kappa shape index (κ2) is 35.6. The minimum Gasteiger partial charge on any atom is -0.485 e. The number of rotatable bonds is 18. The predicted octanol–water partition coefficient (Wildman–Crippen LogP) is 36.9. The summed E-state index contributed by atoms with van der Waals surface area (Å²) in [5.41, 5.74) is 27.0. The molecule has 0 saturated heterocycles. The maximum absolute atomic E-state index is 6.79. The predicted molar refractivity (Wildman–Crippen MR) is 555 cm³/mol. The Morgan fingerprint density at radius 3 is 0.865 bits per heavy atom.